The minimum atomic E-state index is -0.589. The van der Waals surface area contributed by atoms with E-state index in [0.717, 1.165) is 78.0 Å². The molecule has 1 atom stereocenters. The van der Waals surface area contributed by atoms with Gasteiger partial charge in [0.2, 0.25) is 0 Å². The second-order valence-electron chi connectivity index (χ2n) is 17.9. The van der Waals surface area contributed by atoms with E-state index in [1.54, 1.807) is 0 Å². The Morgan fingerprint density at radius 1 is 0.353 bits per heavy atom. The van der Waals surface area contributed by atoms with Gasteiger partial charge in [0.05, 0.1) is 16.8 Å². The number of hydrogen-bond acceptors (Lipinski definition) is 5. The summed E-state index contributed by atoms with van der Waals surface area (Å²) in [5.41, 5.74) is 18.3. The Kier molecular flexibility index (Phi) is 7.83. The van der Waals surface area contributed by atoms with Crippen molar-refractivity contribution in [1.29, 1.82) is 0 Å². The van der Waals surface area contributed by atoms with Gasteiger partial charge in [-0.15, -0.1) is 11.3 Å². The number of fused-ring (bicyclic) bond motifs is 18. The van der Waals surface area contributed by atoms with E-state index in [1.165, 1.54) is 53.9 Å². The maximum atomic E-state index is 6.72. The molecule has 318 valence electrons. The molecule has 2 aliphatic rings. The average molecular weight is 887 g/mol. The van der Waals surface area contributed by atoms with Gasteiger partial charge in [-0.05, 0) is 124 Å². The molecule has 68 heavy (non-hydrogen) atoms. The zero-order valence-corrected chi connectivity index (χ0v) is 37.4. The third-order valence-electron chi connectivity index (χ3n) is 14.4. The van der Waals surface area contributed by atoms with Gasteiger partial charge in [-0.2, -0.15) is 0 Å². The lowest BCUT2D eigenvalue weighted by atomic mass is 9.70. The molecule has 0 bridgehead atoms. The van der Waals surface area contributed by atoms with Gasteiger partial charge in [-0.3, -0.25) is 0 Å². The van der Waals surface area contributed by atoms with Gasteiger partial charge < -0.3 is 18.6 Å². The Balaban J connectivity index is 0.998. The third-order valence-corrected chi connectivity index (χ3v) is 15.6. The molecular weight excluding hydrogens is 849 g/mol. The topological polar surface area (TPSA) is 32.8 Å². The van der Waals surface area contributed by atoms with Crippen molar-refractivity contribution in [2.45, 2.75) is 5.41 Å². The highest BCUT2D eigenvalue weighted by molar-refractivity contribution is 7.22. The van der Waals surface area contributed by atoms with E-state index < -0.39 is 5.41 Å². The summed E-state index contributed by atoms with van der Waals surface area (Å²) in [6.07, 6.45) is 0. The highest BCUT2D eigenvalue weighted by atomic mass is 32.1. The van der Waals surface area contributed by atoms with E-state index in [-0.39, 0.29) is 0 Å². The molecule has 4 nitrogen and oxygen atoms in total. The molecule has 10 aromatic carbocycles. The molecule has 13 aromatic rings. The number of benzene rings is 10. The van der Waals surface area contributed by atoms with Gasteiger partial charge in [0.25, 0.3) is 0 Å². The number of anilines is 6. The van der Waals surface area contributed by atoms with Crippen LogP contribution in [0.15, 0.2) is 239 Å². The lowest BCUT2D eigenvalue weighted by Gasteiger charge is -2.32. The molecule has 0 amide bonds. The molecule has 0 saturated carbocycles. The van der Waals surface area contributed by atoms with Gasteiger partial charge in [0, 0.05) is 59.4 Å². The van der Waals surface area contributed by atoms with E-state index >= 15 is 0 Å². The minimum absolute atomic E-state index is 0.589. The van der Waals surface area contributed by atoms with Crippen molar-refractivity contribution in [3.8, 4) is 21.6 Å². The summed E-state index contributed by atoms with van der Waals surface area (Å²) < 4.78 is 14.4. The lowest BCUT2D eigenvalue weighted by molar-refractivity contribution is 0.668. The first-order chi connectivity index (χ1) is 33.7. The van der Waals surface area contributed by atoms with E-state index in [2.05, 4.69) is 228 Å². The van der Waals surface area contributed by atoms with Gasteiger partial charge in [0.1, 0.15) is 16.7 Å². The zero-order chi connectivity index (χ0) is 44.5. The monoisotopic (exact) mass is 886 g/mol. The fraction of sp³-hybridized carbons (Fsp3) is 0.0159. The third kappa shape index (κ3) is 5.08. The molecule has 0 aliphatic heterocycles. The van der Waals surface area contributed by atoms with Crippen molar-refractivity contribution in [2.75, 3.05) is 9.80 Å². The van der Waals surface area contributed by atoms with Crippen LogP contribution in [0.5, 0.6) is 0 Å². The van der Waals surface area contributed by atoms with Crippen LogP contribution in [0, 0.1) is 0 Å². The van der Waals surface area contributed by atoms with Gasteiger partial charge in [-0.1, -0.05) is 146 Å². The number of furan rings is 2. The normalized spacial score (nSPS) is 14.5. The fourth-order valence-electron chi connectivity index (χ4n) is 11.7. The van der Waals surface area contributed by atoms with Crippen LogP contribution in [-0.2, 0) is 5.41 Å². The van der Waals surface area contributed by atoms with E-state index in [1.807, 2.05) is 23.5 Å². The van der Waals surface area contributed by atoms with Crippen LogP contribution in [0.25, 0.3) is 75.5 Å². The molecule has 5 heteroatoms. The molecule has 3 aromatic heterocycles. The molecule has 0 fully saturated rings. The summed E-state index contributed by atoms with van der Waals surface area (Å²) in [6, 6.07) is 83.6. The smallest absolute Gasteiger partial charge is 0.159 e. The molecule has 2 aliphatic carbocycles. The van der Waals surface area contributed by atoms with Crippen molar-refractivity contribution >= 4 is 99.4 Å². The van der Waals surface area contributed by atoms with Crippen molar-refractivity contribution in [3.63, 3.8) is 0 Å². The van der Waals surface area contributed by atoms with Crippen molar-refractivity contribution in [1.82, 2.24) is 0 Å². The van der Waals surface area contributed by atoms with Crippen LogP contribution in [0.1, 0.15) is 22.3 Å². The first kappa shape index (κ1) is 37.6. The molecule has 0 saturated heterocycles. The molecule has 0 radical (unpaired) electrons. The van der Waals surface area contributed by atoms with Gasteiger partial charge >= 0.3 is 0 Å². The molecular formula is C63H38N2O2S. The Morgan fingerprint density at radius 3 is 1.72 bits per heavy atom. The van der Waals surface area contributed by atoms with Crippen LogP contribution in [0.2, 0.25) is 0 Å². The van der Waals surface area contributed by atoms with Crippen molar-refractivity contribution in [2.24, 2.45) is 0 Å². The van der Waals surface area contributed by atoms with Crippen LogP contribution in [0.4, 0.5) is 34.1 Å². The van der Waals surface area contributed by atoms with Crippen molar-refractivity contribution in [3.05, 3.63) is 253 Å². The Labute approximate surface area is 395 Å². The maximum absolute atomic E-state index is 6.72. The van der Waals surface area contributed by atoms with Crippen LogP contribution < -0.4 is 9.80 Å². The van der Waals surface area contributed by atoms with Gasteiger partial charge in [-0.25, -0.2) is 0 Å². The van der Waals surface area contributed by atoms with Crippen LogP contribution in [0.3, 0.4) is 0 Å². The summed E-state index contributed by atoms with van der Waals surface area (Å²) in [7, 11) is 0. The number of rotatable bonds is 6. The Morgan fingerprint density at radius 2 is 0.912 bits per heavy atom. The quantitative estimate of drug-likeness (QED) is 0.167. The first-order valence-corrected chi connectivity index (χ1v) is 24.0. The maximum Gasteiger partial charge on any atom is 0.159 e. The Bertz CT molecular complexity index is 4180. The molecule has 15 rings (SSSR count). The van der Waals surface area contributed by atoms with Crippen LogP contribution >= 0.6 is 11.3 Å². The van der Waals surface area contributed by atoms with E-state index in [0.29, 0.717) is 0 Å². The first-order valence-electron chi connectivity index (χ1n) is 23.2. The largest absolute Gasteiger partial charge is 0.456 e. The fourth-order valence-corrected chi connectivity index (χ4v) is 13.1. The molecule has 1 unspecified atom stereocenters. The predicted octanol–water partition coefficient (Wildman–Crippen LogP) is 18.0. The Hall–Kier alpha value is -8.64. The summed E-state index contributed by atoms with van der Waals surface area (Å²) >= 11 is 1.91. The summed E-state index contributed by atoms with van der Waals surface area (Å²) in [5, 5.41) is 5.71. The minimum Gasteiger partial charge on any atom is -0.456 e. The number of para-hydroxylation sites is 5. The summed E-state index contributed by atoms with van der Waals surface area (Å²) in [5.74, 6) is 0. The number of nitrogens with zero attached hydrogens (tertiary/aromatic N) is 2. The lowest BCUT2D eigenvalue weighted by Crippen LogP contribution is -2.26. The number of thiophene rings is 1. The highest BCUT2D eigenvalue weighted by Crippen LogP contribution is 2.68. The standard InChI is InChI=1S/C63H38N2O2S/c1-3-17-39(18-4-1)64(42-34-36-57-49(38-42)45-23-9-12-30-55(45)66-57)53-28-16-27-52-59(53)62-60(47-24-10-14-32-58(47)68-62)63(52)50-26-11-7-21-43(50)48-37-41(33-35-51(48)63)65(40-19-5-2-6-20-40)54-29-15-25-46-44-22-8-13-31-56(44)67-61(46)54/h1-38H. The molecule has 3 heterocycles. The highest BCUT2D eigenvalue weighted by Gasteiger charge is 2.54. The summed E-state index contributed by atoms with van der Waals surface area (Å²) in [6.45, 7) is 0. The summed E-state index contributed by atoms with van der Waals surface area (Å²) in [4.78, 5) is 6.12. The van der Waals surface area contributed by atoms with E-state index in [4.69, 9.17) is 8.83 Å². The molecule has 0 N–H and O–H groups in total. The average Bonchev–Trinajstić information content (AvgIpc) is 4.20. The predicted molar refractivity (Wildman–Crippen MR) is 282 cm³/mol. The second kappa shape index (κ2) is 14.2. The molecule has 1 spiro atoms. The van der Waals surface area contributed by atoms with E-state index in [9.17, 15) is 0 Å². The van der Waals surface area contributed by atoms with Crippen LogP contribution in [-0.4, -0.2) is 0 Å². The van der Waals surface area contributed by atoms with Crippen molar-refractivity contribution < 1.29 is 8.83 Å². The zero-order valence-electron chi connectivity index (χ0n) is 36.6. The number of hydrogen-bond donors (Lipinski definition) is 0. The van der Waals surface area contributed by atoms with Gasteiger partial charge in [0.15, 0.2) is 5.58 Å². The second-order valence-corrected chi connectivity index (χ2v) is 19.0. The SMILES string of the molecule is c1ccc(N(c2ccc3oc4ccccc4c3c2)c2cccc3c2-c2sc4ccccc4c2C32c3ccccc3-c3cc(N(c4ccccc4)c4cccc5c4oc4ccccc45)ccc32)cc1.